The number of esters is 1. The van der Waals surface area contributed by atoms with Crippen molar-refractivity contribution in [2.75, 3.05) is 6.54 Å². The zero-order chi connectivity index (χ0) is 23.1. The van der Waals surface area contributed by atoms with Crippen molar-refractivity contribution in [3.8, 4) is 11.3 Å². The van der Waals surface area contributed by atoms with Crippen LogP contribution in [0, 0.1) is 0 Å². The highest BCUT2D eigenvalue weighted by molar-refractivity contribution is 5.87. The molecular formula is C25H30N4O3. The summed E-state index contributed by atoms with van der Waals surface area (Å²) in [6.45, 7) is 5.43. The van der Waals surface area contributed by atoms with Gasteiger partial charge >= 0.3 is 5.97 Å². The van der Waals surface area contributed by atoms with Crippen LogP contribution in [-0.2, 0) is 34.2 Å². The third-order valence-electron chi connectivity index (χ3n) is 4.89. The summed E-state index contributed by atoms with van der Waals surface area (Å²) in [6, 6.07) is 14.9. The van der Waals surface area contributed by atoms with E-state index in [0.717, 1.165) is 22.5 Å². The quantitative estimate of drug-likeness (QED) is 0.521. The van der Waals surface area contributed by atoms with Crippen molar-refractivity contribution in [3.63, 3.8) is 0 Å². The molecule has 1 atom stereocenters. The lowest BCUT2D eigenvalue weighted by Crippen LogP contribution is -2.43. The van der Waals surface area contributed by atoms with Gasteiger partial charge in [0.15, 0.2) is 5.78 Å². The summed E-state index contributed by atoms with van der Waals surface area (Å²) in [5.74, 6) is -0.398. The molecule has 7 nitrogen and oxygen atoms in total. The Bertz CT molecular complexity index is 1040. The average molecular weight is 435 g/mol. The van der Waals surface area contributed by atoms with Crippen LogP contribution in [0.15, 0.2) is 60.9 Å². The van der Waals surface area contributed by atoms with Crippen LogP contribution >= 0.6 is 0 Å². The molecule has 0 saturated carbocycles. The summed E-state index contributed by atoms with van der Waals surface area (Å²) in [6.07, 6.45) is 4.11. The van der Waals surface area contributed by atoms with Crippen LogP contribution in [0.25, 0.3) is 11.3 Å². The van der Waals surface area contributed by atoms with Gasteiger partial charge in [-0.1, -0.05) is 30.3 Å². The first-order chi connectivity index (χ1) is 15.2. The zero-order valence-corrected chi connectivity index (χ0v) is 19.0. The molecule has 0 aliphatic heterocycles. The maximum absolute atomic E-state index is 13.2. The fraction of sp³-hybridized carbons (Fsp3) is 0.360. The molecule has 0 aliphatic rings. The molecule has 7 heteroatoms. The normalized spacial score (nSPS) is 12.4. The molecule has 0 spiro atoms. The molecule has 0 unspecified atom stereocenters. The minimum Gasteiger partial charge on any atom is -0.459 e. The Morgan fingerprint density at radius 1 is 1.09 bits per heavy atom. The highest BCUT2D eigenvalue weighted by Gasteiger charge is 2.23. The Balaban J connectivity index is 1.73. The molecule has 0 amide bonds. The van der Waals surface area contributed by atoms with Crippen LogP contribution in [0.4, 0.5) is 0 Å². The molecule has 168 valence electrons. The first kappa shape index (κ1) is 23.3. The smallest absolute Gasteiger partial charge is 0.320 e. The molecule has 3 aromatic rings. The first-order valence-corrected chi connectivity index (χ1v) is 10.7. The molecule has 1 aromatic carbocycles. The van der Waals surface area contributed by atoms with Crippen molar-refractivity contribution in [1.29, 1.82) is 0 Å². The van der Waals surface area contributed by atoms with E-state index in [-0.39, 0.29) is 24.7 Å². The van der Waals surface area contributed by atoms with Gasteiger partial charge in [0.25, 0.3) is 0 Å². The third kappa shape index (κ3) is 6.85. The predicted molar refractivity (Wildman–Crippen MR) is 123 cm³/mol. The second kappa shape index (κ2) is 10.3. The number of Topliss-reactive ketones (excluding diaryl/α,β-unsaturated/α-hetero) is 1. The summed E-state index contributed by atoms with van der Waals surface area (Å²) in [7, 11) is 1.83. The van der Waals surface area contributed by atoms with E-state index in [1.165, 1.54) is 0 Å². The number of rotatable bonds is 9. The van der Waals surface area contributed by atoms with Crippen LogP contribution in [0.1, 0.15) is 32.0 Å². The van der Waals surface area contributed by atoms with Gasteiger partial charge in [-0.15, -0.1) is 0 Å². The summed E-state index contributed by atoms with van der Waals surface area (Å²) in [5.41, 5.74) is 2.98. The van der Waals surface area contributed by atoms with Gasteiger partial charge in [0.2, 0.25) is 0 Å². The first-order valence-electron chi connectivity index (χ1n) is 10.7. The number of benzene rings is 1. The van der Waals surface area contributed by atoms with Gasteiger partial charge < -0.3 is 4.74 Å². The predicted octanol–water partition coefficient (Wildman–Crippen LogP) is 3.14. The van der Waals surface area contributed by atoms with Crippen molar-refractivity contribution in [1.82, 2.24) is 20.1 Å². The largest absolute Gasteiger partial charge is 0.459 e. The molecule has 2 heterocycles. The van der Waals surface area contributed by atoms with Gasteiger partial charge in [0.05, 0.1) is 24.7 Å². The molecule has 32 heavy (non-hydrogen) atoms. The molecule has 0 radical (unpaired) electrons. The summed E-state index contributed by atoms with van der Waals surface area (Å²) in [4.78, 5) is 29.5. The van der Waals surface area contributed by atoms with E-state index in [9.17, 15) is 9.59 Å². The van der Waals surface area contributed by atoms with Gasteiger partial charge in [-0.3, -0.25) is 24.6 Å². The van der Waals surface area contributed by atoms with Crippen molar-refractivity contribution in [2.45, 2.75) is 45.3 Å². The molecule has 2 aromatic heterocycles. The molecule has 0 fully saturated rings. The minimum absolute atomic E-state index is 0.0123. The average Bonchev–Trinajstić information content (AvgIpc) is 3.11. The summed E-state index contributed by atoms with van der Waals surface area (Å²) in [5, 5.41) is 7.64. The maximum Gasteiger partial charge on any atom is 0.320 e. The fourth-order valence-electron chi connectivity index (χ4n) is 3.37. The highest BCUT2D eigenvalue weighted by Crippen LogP contribution is 2.19. The number of ether oxygens (including phenoxy) is 1. The lowest BCUT2D eigenvalue weighted by molar-refractivity contribution is -0.153. The number of aryl methyl sites for hydroxylation is 1. The summed E-state index contributed by atoms with van der Waals surface area (Å²) < 4.78 is 7.10. The second-order valence-electron chi connectivity index (χ2n) is 8.73. The SMILES string of the molecule is Cn1nc(-c2ccncc2)cc1CC(=O)[C@H](Cc1ccccc1)NCC(=O)OC(C)(C)C. The van der Waals surface area contributed by atoms with Gasteiger partial charge in [-0.05, 0) is 51.0 Å². The Kier molecular flexibility index (Phi) is 7.53. The Morgan fingerprint density at radius 3 is 2.44 bits per heavy atom. The molecule has 0 aliphatic carbocycles. The van der Waals surface area contributed by atoms with Crippen molar-refractivity contribution < 1.29 is 14.3 Å². The van der Waals surface area contributed by atoms with Gasteiger partial charge in [-0.25, -0.2) is 0 Å². The number of hydrogen-bond acceptors (Lipinski definition) is 6. The number of pyridine rings is 1. The number of nitrogens with zero attached hydrogens (tertiary/aromatic N) is 3. The Hall–Kier alpha value is -3.32. The molecule has 3 rings (SSSR count). The number of carbonyl (C=O) groups excluding carboxylic acids is 2. The number of ketones is 1. The van der Waals surface area contributed by atoms with Crippen molar-refractivity contribution in [2.24, 2.45) is 7.05 Å². The number of nitrogens with one attached hydrogen (secondary N) is 1. The van der Waals surface area contributed by atoms with Crippen LogP contribution < -0.4 is 5.32 Å². The van der Waals surface area contributed by atoms with Crippen LogP contribution in [0.2, 0.25) is 0 Å². The zero-order valence-electron chi connectivity index (χ0n) is 19.0. The lowest BCUT2D eigenvalue weighted by Gasteiger charge is -2.22. The number of hydrogen-bond donors (Lipinski definition) is 1. The van der Waals surface area contributed by atoms with Crippen LogP contribution in [-0.4, -0.2) is 44.7 Å². The van der Waals surface area contributed by atoms with E-state index in [1.807, 2.05) is 76.3 Å². The Labute approximate surface area is 188 Å². The number of carbonyl (C=O) groups is 2. The third-order valence-corrected chi connectivity index (χ3v) is 4.89. The van der Waals surface area contributed by atoms with Crippen LogP contribution in [0.3, 0.4) is 0 Å². The van der Waals surface area contributed by atoms with E-state index < -0.39 is 11.6 Å². The Morgan fingerprint density at radius 2 is 1.78 bits per heavy atom. The van der Waals surface area contributed by atoms with E-state index in [0.29, 0.717) is 6.42 Å². The van der Waals surface area contributed by atoms with Crippen molar-refractivity contribution in [3.05, 3.63) is 72.2 Å². The van der Waals surface area contributed by atoms with E-state index in [4.69, 9.17) is 4.74 Å². The fourth-order valence-corrected chi connectivity index (χ4v) is 3.37. The monoisotopic (exact) mass is 434 g/mol. The highest BCUT2D eigenvalue weighted by atomic mass is 16.6. The van der Waals surface area contributed by atoms with E-state index in [1.54, 1.807) is 17.1 Å². The number of aromatic nitrogens is 3. The van der Waals surface area contributed by atoms with Crippen molar-refractivity contribution >= 4 is 11.8 Å². The van der Waals surface area contributed by atoms with Gasteiger partial charge in [-0.2, -0.15) is 5.10 Å². The maximum atomic E-state index is 13.2. The van der Waals surface area contributed by atoms with Gasteiger partial charge in [0.1, 0.15) is 5.60 Å². The van der Waals surface area contributed by atoms with E-state index >= 15 is 0 Å². The standard InChI is InChI=1S/C25H30N4O3/c1-25(2,3)32-24(31)17-27-22(14-18-8-6-5-7-9-18)23(30)16-20-15-21(28-29(20)4)19-10-12-26-13-11-19/h5-13,15,22,27H,14,16-17H2,1-4H3/t22-/m0/s1. The lowest BCUT2D eigenvalue weighted by atomic mass is 9.99. The topological polar surface area (TPSA) is 86.1 Å². The molecule has 0 saturated heterocycles. The van der Waals surface area contributed by atoms with Gasteiger partial charge in [0, 0.05) is 30.7 Å². The summed E-state index contributed by atoms with van der Waals surface area (Å²) >= 11 is 0. The minimum atomic E-state index is -0.574. The van der Waals surface area contributed by atoms with Crippen LogP contribution in [0.5, 0.6) is 0 Å². The molecule has 0 bridgehead atoms. The molecular weight excluding hydrogens is 404 g/mol. The van der Waals surface area contributed by atoms with E-state index in [2.05, 4.69) is 15.4 Å². The second-order valence-corrected chi connectivity index (χ2v) is 8.73. The molecule has 1 N–H and O–H groups in total.